The number of hydrogen-bond acceptors (Lipinski definition) is 6. The van der Waals surface area contributed by atoms with Gasteiger partial charge in [0.25, 0.3) is 11.8 Å². The average Bonchev–Trinajstić information content (AvgIpc) is 3.33. The van der Waals surface area contributed by atoms with E-state index in [-0.39, 0.29) is 25.5 Å². The molecule has 0 fully saturated rings. The van der Waals surface area contributed by atoms with Gasteiger partial charge in [0.1, 0.15) is 13.1 Å². The van der Waals surface area contributed by atoms with Gasteiger partial charge in [0.2, 0.25) is 17.6 Å². The molecule has 4 rings (SSSR count). The zero-order valence-electron chi connectivity index (χ0n) is 16.9. The van der Waals surface area contributed by atoms with Crippen molar-refractivity contribution < 1.29 is 18.9 Å². The fourth-order valence-electron chi connectivity index (χ4n) is 3.33. The highest BCUT2D eigenvalue weighted by atomic mass is 16.5. The molecule has 0 atom stereocenters. The third kappa shape index (κ3) is 4.00. The van der Waals surface area contributed by atoms with E-state index in [9.17, 15) is 14.4 Å². The number of hydrogen-bond donors (Lipinski definition) is 0. The second-order valence-electron chi connectivity index (χ2n) is 7.18. The van der Waals surface area contributed by atoms with Crippen molar-refractivity contribution in [2.45, 2.75) is 13.5 Å². The van der Waals surface area contributed by atoms with Gasteiger partial charge in [-0.25, -0.2) is 0 Å². The molecule has 0 N–H and O–H groups in total. The van der Waals surface area contributed by atoms with Gasteiger partial charge in [-0.15, -0.1) is 6.58 Å². The van der Waals surface area contributed by atoms with E-state index in [1.165, 1.54) is 4.90 Å². The van der Waals surface area contributed by atoms with Gasteiger partial charge < -0.3 is 9.42 Å². The van der Waals surface area contributed by atoms with E-state index in [1.54, 1.807) is 30.3 Å². The fourth-order valence-corrected chi connectivity index (χ4v) is 3.33. The number of rotatable bonds is 7. The maximum Gasteiger partial charge on any atom is 0.262 e. The van der Waals surface area contributed by atoms with Crippen LogP contribution in [0.4, 0.5) is 0 Å². The molecule has 2 aromatic carbocycles. The van der Waals surface area contributed by atoms with E-state index in [0.717, 1.165) is 16.0 Å². The topological polar surface area (TPSA) is 96.6 Å². The third-order valence-corrected chi connectivity index (χ3v) is 4.98. The van der Waals surface area contributed by atoms with Crippen molar-refractivity contribution in [3.8, 4) is 11.4 Å². The van der Waals surface area contributed by atoms with Crippen LogP contribution in [0.2, 0.25) is 0 Å². The van der Waals surface area contributed by atoms with E-state index in [2.05, 4.69) is 16.7 Å². The lowest BCUT2D eigenvalue weighted by Gasteiger charge is -2.22. The molecule has 1 aromatic heterocycles. The Balaban J connectivity index is 1.47. The molecule has 1 aliphatic rings. The van der Waals surface area contributed by atoms with Gasteiger partial charge in [-0.2, -0.15) is 4.98 Å². The molecule has 0 radical (unpaired) electrons. The maximum atomic E-state index is 12.9. The number of benzene rings is 2. The van der Waals surface area contributed by atoms with E-state index >= 15 is 0 Å². The Morgan fingerprint density at radius 2 is 1.74 bits per heavy atom. The molecule has 3 aromatic rings. The molecule has 0 spiro atoms. The first kappa shape index (κ1) is 20.2. The lowest BCUT2D eigenvalue weighted by Crippen LogP contribution is -2.42. The number of amides is 3. The number of aryl methyl sites for hydroxylation is 1. The van der Waals surface area contributed by atoms with Crippen molar-refractivity contribution in [2.75, 3.05) is 13.1 Å². The summed E-state index contributed by atoms with van der Waals surface area (Å²) in [6.07, 6.45) is 1.55. The number of nitrogens with zero attached hydrogens (tertiary/aromatic N) is 4. The van der Waals surface area contributed by atoms with Crippen LogP contribution in [0, 0.1) is 6.92 Å². The molecule has 31 heavy (non-hydrogen) atoms. The lowest BCUT2D eigenvalue weighted by atomic mass is 10.1. The third-order valence-electron chi connectivity index (χ3n) is 4.98. The minimum atomic E-state index is -0.480. The highest BCUT2D eigenvalue weighted by Crippen LogP contribution is 2.22. The summed E-state index contributed by atoms with van der Waals surface area (Å²) in [4.78, 5) is 44.7. The number of imide groups is 1. The zero-order chi connectivity index (χ0) is 22.0. The second kappa shape index (κ2) is 8.35. The van der Waals surface area contributed by atoms with Gasteiger partial charge in [0.15, 0.2) is 0 Å². The Bertz CT molecular complexity index is 1130. The summed E-state index contributed by atoms with van der Waals surface area (Å²) in [5, 5.41) is 3.97. The van der Waals surface area contributed by atoms with Crippen molar-refractivity contribution in [3.05, 3.63) is 83.8 Å². The minimum Gasteiger partial charge on any atom is -0.337 e. The van der Waals surface area contributed by atoms with Crippen molar-refractivity contribution in [1.29, 1.82) is 0 Å². The Morgan fingerprint density at radius 3 is 2.35 bits per heavy atom. The van der Waals surface area contributed by atoms with Crippen LogP contribution in [0.3, 0.4) is 0 Å². The number of carbonyl (C=O) groups is 3. The molecule has 0 saturated heterocycles. The predicted octanol–water partition coefficient (Wildman–Crippen LogP) is 2.86. The first-order chi connectivity index (χ1) is 15.0. The van der Waals surface area contributed by atoms with Gasteiger partial charge in [0.05, 0.1) is 11.1 Å². The first-order valence-electron chi connectivity index (χ1n) is 9.71. The molecule has 156 valence electrons. The van der Waals surface area contributed by atoms with Crippen molar-refractivity contribution >= 4 is 17.7 Å². The van der Waals surface area contributed by atoms with Crippen LogP contribution in [-0.2, 0) is 11.3 Å². The summed E-state index contributed by atoms with van der Waals surface area (Å²) in [6, 6.07) is 14.2. The van der Waals surface area contributed by atoms with Crippen molar-refractivity contribution in [2.24, 2.45) is 0 Å². The normalized spacial score (nSPS) is 12.7. The molecular weight excluding hydrogens is 396 g/mol. The summed E-state index contributed by atoms with van der Waals surface area (Å²) in [5.41, 5.74) is 2.52. The molecule has 8 nitrogen and oxygen atoms in total. The van der Waals surface area contributed by atoms with Gasteiger partial charge in [-0.3, -0.25) is 19.3 Å². The molecule has 2 heterocycles. The Morgan fingerprint density at radius 1 is 1.10 bits per heavy atom. The summed E-state index contributed by atoms with van der Waals surface area (Å²) in [6.45, 7) is 5.51. The van der Waals surface area contributed by atoms with Crippen LogP contribution in [0.1, 0.15) is 32.2 Å². The van der Waals surface area contributed by atoms with Crippen LogP contribution >= 0.6 is 0 Å². The van der Waals surface area contributed by atoms with Gasteiger partial charge in [-0.1, -0.05) is 53.2 Å². The Kier molecular flexibility index (Phi) is 5.44. The average molecular weight is 416 g/mol. The Labute approximate surface area is 178 Å². The number of fused-ring (bicyclic) bond motifs is 1. The standard InChI is InChI=1S/C23H20N4O4/c1-3-12-26(13-19-24-21(25-31-19)16-10-8-15(2)9-11-16)20(28)14-27-22(29)17-6-4-5-7-18(17)23(27)30/h3-11H,1,12-14H2,2H3. The lowest BCUT2D eigenvalue weighted by molar-refractivity contribution is -0.131. The number of aromatic nitrogens is 2. The molecule has 0 aliphatic carbocycles. The summed E-state index contributed by atoms with van der Waals surface area (Å²) >= 11 is 0. The Hall–Kier alpha value is -4.07. The van der Waals surface area contributed by atoms with Crippen LogP contribution in [0.5, 0.6) is 0 Å². The highest BCUT2D eigenvalue weighted by Gasteiger charge is 2.37. The van der Waals surface area contributed by atoms with E-state index in [1.807, 2.05) is 31.2 Å². The monoisotopic (exact) mass is 416 g/mol. The second-order valence-corrected chi connectivity index (χ2v) is 7.18. The predicted molar refractivity (Wildman–Crippen MR) is 112 cm³/mol. The summed E-state index contributed by atoms with van der Waals surface area (Å²) < 4.78 is 5.30. The summed E-state index contributed by atoms with van der Waals surface area (Å²) in [7, 11) is 0. The number of carbonyl (C=O) groups excluding carboxylic acids is 3. The van der Waals surface area contributed by atoms with Crippen LogP contribution in [-0.4, -0.2) is 50.8 Å². The van der Waals surface area contributed by atoms with Gasteiger partial charge in [-0.05, 0) is 19.1 Å². The largest absolute Gasteiger partial charge is 0.337 e. The van der Waals surface area contributed by atoms with Crippen molar-refractivity contribution in [3.63, 3.8) is 0 Å². The summed E-state index contributed by atoms with van der Waals surface area (Å²) in [5.74, 6) is -0.724. The highest BCUT2D eigenvalue weighted by molar-refractivity contribution is 6.22. The SMILES string of the molecule is C=CCN(Cc1nc(-c2ccc(C)cc2)no1)C(=O)CN1C(=O)c2ccccc2C1=O. The van der Waals surface area contributed by atoms with Gasteiger partial charge >= 0.3 is 0 Å². The van der Waals surface area contributed by atoms with E-state index < -0.39 is 17.7 Å². The molecule has 8 heteroatoms. The van der Waals surface area contributed by atoms with E-state index in [0.29, 0.717) is 17.0 Å². The molecular formula is C23H20N4O4. The van der Waals surface area contributed by atoms with Gasteiger partial charge in [0, 0.05) is 12.1 Å². The molecule has 0 bridgehead atoms. The smallest absolute Gasteiger partial charge is 0.262 e. The fraction of sp³-hybridized carbons (Fsp3) is 0.174. The van der Waals surface area contributed by atoms with Crippen LogP contribution in [0.15, 0.2) is 65.7 Å². The minimum absolute atomic E-state index is 0.0346. The van der Waals surface area contributed by atoms with E-state index in [4.69, 9.17) is 4.52 Å². The molecule has 3 amide bonds. The van der Waals surface area contributed by atoms with Crippen LogP contribution in [0.25, 0.3) is 11.4 Å². The quantitative estimate of drug-likeness (QED) is 0.434. The zero-order valence-corrected chi connectivity index (χ0v) is 16.9. The van der Waals surface area contributed by atoms with Crippen LogP contribution < -0.4 is 0 Å². The maximum absolute atomic E-state index is 12.9. The molecule has 0 saturated carbocycles. The first-order valence-corrected chi connectivity index (χ1v) is 9.71. The molecule has 1 aliphatic heterocycles. The molecule has 0 unspecified atom stereocenters. The van der Waals surface area contributed by atoms with Crippen molar-refractivity contribution in [1.82, 2.24) is 19.9 Å².